The van der Waals surface area contributed by atoms with Crippen LogP contribution in [0.5, 0.6) is 0 Å². The highest BCUT2D eigenvalue weighted by molar-refractivity contribution is 9.10. The van der Waals surface area contributed by atoms with E-state index < -0.39 is 23.1 Å². The molecule has 0 bridgehead atoms. The maximum Gasteiger partial charge on any atom is 0.261 e. The molecule has 2 nitrogen and oxygen atoms in total. The van der Waals surface area contributed by atoms with E-state index in [0.29, 0.717) is 12.1 Å². The summed E-state index contributed by atoms with van der Waals surface area (Å²) in [6.07, 6.45) is 0.681. The molecule has 0 radical (unpaired) electrons. The Hall–Kier alpha value is -1.27. The molecule has 0 aliphatic rings. The number of carbonyl (C=O) groups excluding carboxylic acids is 1. The number of anilines is 1. The molecule has 0 fully saturated rings. The lowest BCUT2D eigenvalue weighted by atomic mass is 10.1. The molecule has 2 aromatic carbocycles. The number of hydrogen-bond donors (Lipinski definition) is 1. The van der Waals surface area contributed by atoms with E-state index in [2.05, 4.69) is 37.2 Å². The van der Waals surface area contributed by atoms with Crippen molar-refractivity contribution in [1.29, 1.82) is 0 Å². The lowest BCUT2D eigenvalue weighted by molar-refractivity contribution is 0.101. The Morgan fingerprint density at radius 1 is 1.10 bits per heavy atom. The molecule has 0 aromatic heterocycles. The predicted octanol–water partition coefficient (Wildman–Crippen LogP) is 5.30. The molecule has 0 saturated carbocycles. The molecule has 0 saturated heterocycles. The quantitative estimate of drug-likeness (QED) is 0.719. The van der Waals surface area contributed by atoms with Crippen molar-refractivity contribution in [3.05, 3.63) is 62.0 Å². The fraction of sp³-hybridized carbons (Fsp3) is 0.133. The zero-order valence-corrected chi connectivity index (χ0v) is 14.2. The molecule has 0 atom stereocenters. The molecule has 6 heteroatoms. The van der Waals surface area contributed by atoms with Gasteiger partial charge < -0.3 is 5.32 Å². The van der Waals surface area contributed by atoms with Gasteiger partial charge in [0.1, 0.15) is 17.2 Å². The van der Waals surface area contributed by atoms with E-state index in [0.717, 1.165) is 22.2 Å². The zero-order valence-electron chi connectivity index (χ0n) is 11.0. The van der Waals surface area contributed by atoms with Crippen molar-refractivity contribution in [3.8, 4) is 0 Å². The van der Waals surface area contributed by atoms with Crippen molar-refractivity contribution in [2.45, 2.75) is 13.3 Å². The van der Waals surface area contributed by atoms with Crippen molar-refractivity contribution in [2.75, 3.05) is 5.32 Å². The molecule has 21 heavy (non-hydrogen) atoms. The highest BCUT2D eigenvalue weighted by atomic mass is 79.9. The van der Waals surface area contributed by atoms with Crippen LogP contribution in [0.3, 0.4) is 0 Å². The Labute approximate surface area is 137 Å². The second-order valence-electron chi connectivity index (χ2n) is 4.35. The van der Waals surface area contributed by atoms with E-state index in [4.69, 9.17) is 0 Å². The Morgan fingerprint density at radius 3 is 2.29 bits per heavy atom. The van der Waals surface area contributed by atoms with Crippen LogP contribution < -0.4 is 5.32 Å². The number of benzene rings is 2. The number of rotatable bonds is 3. The SMILES string of the molecule is CCc1cc(Br)ccc1NC(=O)c1c(F)cc(Br)cc1F. The van der Waals surface area contributed by atoms with Gasteiger partial charge in [-0.05, 0) is 42.3 Å². The number of aryl methyl sites for hydroxylation is 1. The molecule has 1 amide bonds. The summed E-state index contributed by atoms with van der Waals surface area (Å²) in [7, 11) is 0. The van der Waals surface area contributed by atoms with Gasteiger partial charge in [-0.15, -0.1) is 0 Å². The summed E-state index contributed by atoms with van der Waals surface area (Å²) in [5.41, 5.74) is 0.811. The van der Waals surface area contributed by atoms with Crippen LogP contribution in [-0.2, 0) is 6.42 Å². The Kier molecular flexibility index (Phi) is 5.11. The van der Waals surface area contributed by atoms with Crippen LogP contribution in [0, 0.1) is 11.6 Å². The Morgan fingerprint density at radius 2 is 1.71 bits per heavy atom. The number of halogens is 4. The first-order chi connectivity index (χ1) is 9.92. The molecule has 0 spiro atoms. The van der Waals surface area contributed by atoms with E-state index in [1.165, 1.54) is 0 Å². The topological polar surface area (TPSA) is 29.1 Å². The minimum Gasteiger partial charge on any atom is -0.322 e. The van der Waals surface area contributed by atoms with Crippen molar-refractivity contribution < 1.29 is 13.6 Å². The van der Waals surface area contributed by atoms with Gasteiger partial charge in [0.15, 0.2) is 0 Å². The summed E-state index contributed by atoms with van der Waals surface area (Å²) in [4.78, 5) is 12.1. The second-order valence-corrected chi connectivity index (χ2v) is 6.18. The van der Waals surface area contributed by atoms with Crippen molar-refractivity contribution >= 4 is 43.5 Å². The monoisotopic (exact) mass is 417 g/mol. The smallest absolute Gasteiger partial charge is 0.261 e. The van der Waals surface area contributed by atoms with Gasteiger partial charge in [-0.25, -0.2) is 8.78 Å². The Balaban J connectivity index is 2.35. The molecule has 0 aliphatic carbocycles. The van der Waals surface area contributed by atoms with Crippen LogP contribution in [0.15, 0.2) is 39.3 Å². The molecule has 0 heterocycles. The average molecular weight is 419 g/mol. The van der Waals surface area contributed by atoms with Gasteiger partial charge in [0.25, 0.3) is 5.91 Å². The minimum atomic E-state index is -0.908. The Bertz CT molecular complexity index is 681. The molecule has 0 aliphatic heterocycles. The van der Waals surface area contributed by atoms with Crippen molar-refractivity contribution in [3.63, 3.8) is 0 Å². The number of amides is 1. The van der Waals surface area contributed by atoms with Crippen LogP contribution in [0.25, 0.3) is 0 Å². The van der Waals surface area contributed by atoms with Crippen LogP contribution in [0.4, 0.5) is 14.5 Å². The van der Waals surface area contributed by atoms with E-state index in [1.807, 2.05) is 13.0 Å². The van der Waals surface area contributed by atoms with Gasteiger partial charge in [0, 0.05) is 14.6 Å². The van der Waals surface area contributed by atoms with E-state index in [-0.39, 0.29) is 4.47 Å². The standard InChI is InChI=1S/C15H11Br2F2NO/c1-2-8-5-9(16)3-4-13(8)20-15(21)14-11(18)6-10(17)7-12(14)19/h3-7H,2H2,1H3,(H,20,21). The summed E-state index contributed by atoms with van der Waals surface area (Å²) >= 11 is 6.32. The first-order valence-electron chi connectivity index (χ1n) is 6.16. The van der Waals surface area contributed by atoms with Gasteiger partial charge in [-0.2, -0.15) is 0 Å². The number of hydrogen-bond acceptors (Lipinski definition) is 1. The van der Waals surface area contributed by atoms with Gasteiger partial charge in [-0.3, -0.25) is 4.79 Å². The summed E-state index contributed by atoms with van der Waals surface area (Å²) in [6, 6.07) is 7.41. The normalized spacial score (nSPS) is 10.5. The summed E-state index contributed by atoms with van der Waals surface area (Å²) in [6.45, 7) is 1.93. The predicted molar refractivity (Wildman–Crippen MR) is 85.5 cm³/mol. The second kappa shape index (κ2) is 6.66. The lowest BCUT2D eigenvalue weighted by Crippen LogP contribution is -2.17. The zero-order chi connectivity index (χ0) is 15.6. The molecular weight excluding hydrogens is 408 g/mol. The molecule has 0 unspecified atom stereocenters. The summed E-state index contributed by atoms with van der Waals surface area (Å²) in [5.74, 6) is -2.63. The average Bonchev–Trinajstić information content (AvgIpc) is 2.39. The molecule has 2 aromatic rings. The van der Waals surface area contributed by atoms with E-state index in [9.17, 15) is 13.6 Å². The highest BCUT2D eigenvalue weighted by Crippen LogP contribution is 2.24. The third-order valence-electron chi connectivity index (χ3n) is 2.93. The van der Waals surface area contributed by atoms with Gasteiger partial charge >= 0.3 is 0 Å². The van der Waals surface area contributed by atoms with Crippen LogP contribution in [0.2, 0.25) is 0 Å². The van der Waals surface area contributed by atoms with Crippen LogP contribution in [-0.4, -0.2) is 5.91 Å². The molecule has 110 valence electrons. The van der Waals surface area contributed by atoms with Crippen LogP contribution >= 0.6 is 31.9 Å². The van der Waals surface area contributed by atoms with Crippen LogP contribution in [0.1, 0.15) is 22.8 Å². The molecule has 1 N–H and O–H groups in total. The van der Waals surface area contributed by atoms with Gasteiger partial charge in [0.05, 0.1) is 0 Å². The minimum absolute atomic E-state index is 0.243. The van der Waals surface area contributed by atoms with E-state index >= 15 is 0 Å². The lowest BCUT2D eigenvalue weighted by Gasteiger charge is -2.11. The first kappa shape index (κ1) is 16.1. The third-order valence-corrected chi connectivity index (χ3v) is 3.88. The fourth-order valence-corrected chi connectivity index (χ4v) is 2.73. The van der Waals surface area contributed by atoms with Crippen molar-refractivity contribution in [1.82, 2.24) is 0 Å². The molecular formula is C15H11Br2F2NO. The van der Waals surface area contributed by atoms with Gasteiger partial charge in [-0.1, -0.05) is 38.8 Å². The van der Waals surface area contributed by atoms with E-state index in [1.54, 1.807) is 12.1 Å². The third kappa shape index (κ3) is 3.68. The maximum atomic E-state index is 13.8. The summed E-state index contributed by atoms with van der Waals surface area (Å²) < 4.78 is 28.7. The van der Waals surface area contributed by atoms with Crippen molar-refractivity contribution in [2.24, 2.45) is 0 Å². The summed E-state index contributed by atoms with van der Waals surface area (Å²) in [5, 5.41) is 2.55. The number of carbonyl (C=O) groups is 1. The largest absolute Gasteiger partial charge is 0.322 e. The first-order valence-corrected chi connectivity index (χ1v) is 7.75. The molecule has 2 rings (SSSR count). The maximum absolute atomic E-state index is 13.8. The number of nitrogens with one attached hydrogen (secondary N) is 1. The highest BCUT2D eigenvalue weighted by Gasteiger charge is 2.19. The van der Waals surface area contributed by atoms with Gasteiger partial charge in [0.2, 0.25) is 0 Å². The fourth-order valence-electron chi connectivity index (χ4n) is 1.92.